The van der Waals surface area contributed by atoms with Crippen LogP contribution in [0.25, 0.3) is 11.3 Å². The second kappa shape index (κ2) is 7.66. The molecular weight excluding hydrogens is 378 g/mol. The van der Waals surface area contributed by atoms with Gasteiger partial charge in [0.05, 0.1) is 22.4 Å². The zero-order valence-corrected chi connectivity index (χ0v) is 18.6. The summed E-state index contributed by atoms with van der Waals surface area (Å²) in [6, 6.07) is 1.87. The number of rotatable bonds is 5. The van der Waals surface area contributed by atoms with Gasteiger partial charge in [-0.1, -0.05) is 0 Å². The highest BCUT2D eigenvalue weighted by Crippen LogP contribution is 2.28. The summed E-state index contributed by atoms with van der Waals surface area (Å²) >= 11 is 0. The second-order valence-electron chi connectivity index (χ2n) is 8.32. The van der Waals surface area contributed by atoms with E-state index in [1.54, 1.807) is 47.0 Å². The van der Waals surface area contributed by atoms with Gasteiger partial charge in [0, 0.05) is 24.4 Å². The van der Waals surface area contributed by atoms with Gasteiger partial charge in [0.15, 0.2) is 9.84 Å². The lowest BCUT2D eigenvalue weighted by Gasteiger charge is -2.21. The normalized spacial score (nSPS) is 12.5. The summed E-state index contributed by atoms with van der Waals surface area (Å²) in [7, 11) is -1.68. The molecule has 154 valence electrons. The van der Waals surface area contributed by atoms with Crippen molar-refractivity contribution in [2.24, 2.45) is 7.05 Å². The number of pyridine rings is 1. The van der Waals surface area contributed by atoms with Crippen molar-refractivity contribution >= 4 is 9.84 Å². The van der Waals surface area contributed by atoms with Gasteiger partial charge in [0.25, 0.3) is 5.56 Å². The Balaban J connectivity index is 2.72. The summed E-state index contributed by atoms with van der Waals surface area (Å²) in [4.78, 5) is 21.0. The van der Waals surface area contributed by atoms with Crippen LogP contribution >= 0.6 is 0 Å². The van der Waals surface area contributed by atoms with E-state index in [0.717, 1.165) is 0 Å². The number of ether oxygens (including phenoxy) is 1. The largest absolute Gasteiger partial charge is 0.458 e. The number of aryl methyl sites for hydroxylation is 2. The molecule has 8 heteroatoms. The zero-order valence-electron chi connectivity index (χ0n) is 17.8. The van der Waals surface area contributed by atoms with Crippen LogP contribution in [-0.4, -0.2) is 33.8 Å². The van der Waals surface area contributed by atoms with Crippen LogP contribution in [0.5, 0.6) is 6.01 Å². The molecule has 0 unspecified atom stereocenters. The average Bonchev–Trinajstić information content (AvgIpc) is 2.53. The third-order valence-electron chi connectivity index (χ3n) is 4.32. The highest BCUT2D eigenvalue weighted by molar-refractivity contribution is 7.91. The molecule has 7 nitrogen and oxygen atoms in total. The molecule has 2 aromatic rings. The summed E-state index contributed by atoms with van der Waals surface area (Å²) < 4.78 is 32.3. The first-order chi connectivity index (χ1) is 12.7. The third kappa shape index (κ3) is 4.98. The van der Waals surface area contributed by atoms with E-state index >= 15 is 0 Å². The predicted molar refractivity (Wildman–Crippen MR) is 110 cm³/mol. The number of nitrogens with zero attached hydrogens (tertiary/aromatic N) is 3. The number of aromatic nitrogens is 3. The minimum Gasteiger partial charge on any atom is -0.458 e. The first kappa shape index (κ1) is 22.1. The Labute approximate surface area is 166 Å². The average molecular weight is 408 g/mol. The smallest absolute Gasteiger partial charge is 0.317 e. The van der Waals surface area contributed by atoms with E-state index in [0.29, 0.717) is 28.1 Å². The quantitative estimate of drug-likeness (QED) is 0.757. The van der Waals surface area contributed by atoms with Gasteiger partial charge in [-0.3, -0.25) is 4.79 Å². The van der Waals surface area contributed by atoms with E-state index in [-0.39, 0.29) is 17.3 Å². The van der Waals surface area contributed by atoms with E-state index in [2.05, 4.69) is 9.97 Å². The van der Waals surface area contributed by atoms with Crippen LogP contribution in [0.4, 0.5) is 0 Å². The van der Waals surface area contributed by atoms with Gasteiger partial charge in [0.1, 0.15) is 5.60 Å². The summed E-state index contributed by atoms with van der Waals surface area (Å²) in [5.74, 6) is -0.197. The van der Waals surface area contributed by atoms with E-state index in [4.69, 9.17) is 4.74 Å². The van der Waals surface area contributed by atoms with Crippen LogP contribution in [0.15, 0.2) is 17.1 Å². The molecule has 0 saturated carbocycles. The lowest BCUT2D eigenvalue weighted by Crippen LogP contribution is -2.25. The van der Waals surface area contributed by atoms with Gasteiger partial charge in [-0.2, -0.15) is 9.97 Å². The van der Waals surface area contributed by atoms with E-state index < -0.39 is 20.7 Å². The van der Waals surface area contributed by atoms with Gasteiger partial charge in [-0.25, -0.2) is 8.42 Å². The molecular formula is C20H29N3O4S. The van der Waals surface area contributed by atoms with Crippen molar-refractivity contribution in [2.45, 2.75) is 65.1 Å². The molecule has 0 N–H and O–H groups in total. The summed E-state index contributed by atoms with van der Waals surface area (Å²) in [5.41, 5.74) is 2.27. The maximum atomic E-state index is 12.5. The Kier molecular flexibility index (Phi) is 6.04. The van der Waals surface area contributed by atoms with Crippen LogP contribution in [0, 0.1) is 13.8 Å². The van der Waals surface area contributed by atoms with E-state index in [1.807, 2.05) is 20.8 Å². The maximum Gasteiger partial charge on any atom is 0.317 e. The molecule has 0 amide bonds. The molecule has 0 bridgehead atoms. The first-order valence-corrected chi connectivity index (χ1v) is 10.9. The van der Waals surface area contributed by atoms with Gasteiger partial charge in [0.2, 0.25) is 0 Å². The molecule has 0 fully saturated rings. The van der Waals surface area contributed by atoms with E-state index in [1.165, 1.54) is 4.57 Å². The molecule has 2 heterocycles. The molecule has 0 aliphatic heterocycles. The Morgan fingerprint density at radius 3 is 2.29 bits per heavy atom. The lowest BCUT2D eigenvalue weighted by molar-refractivity contribution is 0.116. The van der Waals surface area contributed by atoms with Gasteiger partial charge < -0.3 is 9.30 Å². The molecule has 28 heavy (non-hydrogen) atoms. The minimum atomic E-state index is -3.36. The number of sulfone groups is 1. The Hall–Kier alpha value is -2.22. The van der Waals surface area contributed by atoms with Crippen molar-refractivity contribution in [1.82, 2.24) is 14.5 Å². The summed E-state index contributed by atoms with van der Waals surface area (Å²) in [6.45, 7) is 12.4. The van der Waals surface area contributed by atoms with Crippen LogP contribution in [0.1, 0.15) is 51.4 Å². The van der Waals surface area contributed by atoms with Crippen LogP contribution in [-0.2, 0) is 22.6 Å². The second-order valence-corrected chi connectivity index (χ2v) is 10.9. The minimum absolute atomic E-state index is 0.0933. The van der Waals surface area contributed by atoms with Crippen LogP contribution in [0.3, 0.4) is 0 Å². The maximum absolute atomic E-state index is 12.5. The number of hydrogen-bond donors (Lipinski definition) is 0. The third-order valence-corrected chi connectivity index (χ3v) is 6.43. The Morgan fingerprint density at radius 2 is 1.79 bits per heavy atom. The first-order valence-electron chi connectivity index (χ1n) is 9.17. The summed E-state index contributed by atoms with van der Waals surface area (Å²) in [5, 5.41) is -0.517. The van der Waals surface area contributed by atoms with Crippen molar-refractivity contribution in [1.29, 1.82) is 0 Å². The molecule has 0 aliphatic carbocycles. The fourth-order valence-electron chi connectivity index (χ4n) is 2.65. The fourth-order valence-corrected chi connectivity index (χ4v) is 3.64. The monoisotopic (exact) mass is 407 g/mol. The molecule has 2 aromatic heterocycles. The SMILES string of the molecule is Cc1c(CS(=O)(=O)C(C)C)nc(OC(C)(C)C)nc1-c1cc(C)c(=O)n(C)c1. The van der Waals surface area contributed by atoms with Crippen LogP contribution in [0.2, 0.25) is 0 Å². The van der Waals surface area contributed by atoms with Crippen molar-refractivity contribution in [3.63, 3.8) is 0 Å². The molecule has 0 radical (unpaired) electrons. The van der Waals surface area contributed by atoms with Crippen LogP contribution < -0.4 is 10.3 Å². The molecule has 2 rings (SSSR count). The highest BCUT2D eigenvalue weighted by Gasteiger charge is 2.24. The van der Waals surface area contributed by atoms with Crippen molar-refractivity contribution < 1.29 is 13.2 Å². The molecule has 0 atom stereocenters. The Bertz CT molecular complexity index is 1020. The van der Waals surface area contributed by atoms with Gasteiger partial charge >= 0.3 is 6.01 Å². The molecule has 0 aliphatic rings. The summed E-state index contributed by atoms with van der Waals surface area (Å²) in [6.07, 6.45) is 1.69. The Morgan fingerprint density at radius 1 is 1.18 bits per heavy atom. The zero-order chi connectivity index (χ0) is 21.4. The van der Waals surface area contributed by atoms with E-state index in [9.17, 15) is 13.2 Å². The fraction of sp³-hybridized carbons (Fsp3) is 0.550. The number of hydrogen-bond acceptors (Lipinski definition) is 6. The highest BCUT2D eigenvalue weighted by atomic mass is 32.2. The standard InChI is InChI=1S/C20H29N3O4S/c1-12(2)28(25,26)11-16-14(4)17(22-19(21-16)27-20(5,6)7)15-9-13(3)18(24)23(8)10-15/h9-10,12H,11H2,1-8H3. The van der Waals surface area contributed by atoms with Crippen molar-refractivity contribution in [2.75, 3.05) is 0 Å². The molecule has 0 saturated heterocycles. The molecule has 0 spiro atoms. The predicted octanol–water partition coefficient (Wildman–Crippen LogP) is 2.96. The van der Waals surface area contributed by atoms with Gasteiger partial charge in [-0.15, -0.1) is 0 Å². The topological polar surface area (TPSA) is 91.2 Å². The molecule has 0 aromatic carbocycles. The lowest BCUT2D eigenvalue weighted by atomic mass is 10.1. The van der Waals surface area contributed by atoms with Crippen molar-refractivity contribution in [3.8, 4) is 17.3 Å². The van der Waals surface area contributed by atoms with Crippen molar-refractivity contribution in [3.05, 3.63) is 39.4 Å². The van der Waals surface area contributed by atoms with Gasteiger partial charge in [-0.05, 0) is 60.1 Å².